The quantitative estimate of drug-likeness (QED) is 0.545. The molecule has 3 nitrogen and oxygen atoms in total. The highest BCUT2D eigenvalue weighted by Crippen LogP contribution is 2.05. The molecule has 15 heavy (non-hydrogen) atoms. The molecule has 0 fully saturated rings. The van der Waals surface area contributed by atoms with E-state index in [4.69, 9.17) is 4.74 Å². The smallest absolute Gasteiger partial charge is 0.0587 e. The second-order valence-corrected chi connectivity index (χ2v) is 4.19. The molecule has 0 bridgehead atoms. The Labute approximate surface area is 95.0 Å². The van der Waals surface area contributed by atoms with Gasteiger partial charge in [-0.05, 0) is 19.4 Å². The van der Waals surface area contributed by atoms with Crippen molar-refractivity contribution in [3.05, 3.63) is 0 Å². The summed E-state index contributed by atoms with van der Waals surface area (Å²) in [6.45, 7) is 10.6. The second kappa shape index (κ2) is 10.4. The predicted molar refractivity (Wildman–Crippen MR) is 66.3 cm³/mol. The summed E-state index contributed by atoms with van der Waals surface area (Å²) in [5, 5.41) is 6.92. The van der Waals surface area contributed by atoms with Gasteiger partial charge in [0.05, 0.1) is 6.61 Å². The Kier molecular flexibility index (Phi) is 10.3. The average molecular weight is 216 g/mol. The van der Waals surface area contributed by atoms with Crippen LogP contribution in [0.2, 0.25) is 0 Å². The van der Waals surface area contributed by atoms with Crippen LogP contribution in [-0.4, -0.2) is 39.4 Å². The molecule has 92 valence electrons. The van der Waals surface area contributed by atoms with Crippen LogP contribution in [0.4, 0.5) is 0 Å². The van der Waals surface area contributed by atoms with E-state index in [1.807, 2.05) is 0 Å². The van der Waals surface area contributed by atoms with Crippen molar-refractivity contribution in [2.75, 3.05) is 33.4 Å². The van der Waals surface area contributed by atoms with Crippen LogP contribution in [0.1, 0.15) is 33.6 Å². The lowest BCUT2D eigenvalue weighted by molar-refractivity contribution is 0.198. The molecular formula is C12H28N2O. The van der Waals surface area contributed by atoms with Gasteiger partial charge in [0.1, 0.15) is 0 Å². The summed E-state index contributed by atoms with van der Waals surface area (Å²) in [6, 6.07) is 0.544. The number of rotatable bonds is 10. The van der Waals surface area contributed by atoms with Crippen LogP contribution >= 0.6 is 0 Å². The fourth-order valence-electron chi connectivity index (χ4n) is 1.51. The van der Waals surface area contributed by atoms with E-state index in [0.29, 0.717) is 6.04 Å². The first-order chi connectivity index (χ1) is 7.24. The molecule has 0 aromatic rings. The second-order valence-electron chi connectivity index (χ2n) is 4.19. The molecular weight excluding hydrogens is 188 g/mol. The van der Waals surface area contributed by atoms with E-state index in [9.17, 15) is 0 Å². The van der Waals surface area contributed by atoms with Crippen molar-refractivity contribution in [2.24, 2.45) is 5.92 Å². The highest BCUT2D eigenvalue weighted by Gasteiger charge is 2.05. The fraction of sp³-hybridized carbons (Fsp3) is 1.00. The molecule has 0 aromatic heterocycles. The molecule has 0 aromatic carbocycles. The van der Waals surface area contributed by atoms with Crippen LogP contribution in [0.3, 0.4) is 0 Å². The van der Waals surface area contributed by atoms with Crippen molar-refractivity contribution < 1.29 is 4.74 Å². The first-order valence-corrected chi connectivity index (χ1v) is 6.17. The van der Waals surface area contributed by atoms with Crippen molar-refractivity contribution >= 4 is 0 Å². The van der Waals surface area contributed by atoms with Crippen LogP contribution in [0, 0.1) is 5.92 Å². The standard InChI is InChI=1S/C12H28N2O/c1-5-12(6-2)10-14-11(3)9-13-7-8-15-4/h11-14H,5-10H2,1-4H3. The predicted octanol–water partition coefficient (Wildman–Crippen LogP) is 1.64. The third-order valence-corrected chi connectivity index (χ3v) is 2.84. The van der Waals surface area contributed by atoms with Crippen molar-refractivity contribution in [3.8, 4) is 0 Å². The zero-order valence-electron chi connectivity index (χ0n) is 10.8. The number of ether oxygens (including phenoxy) is 1. The largest absolute Gasteiger partial charge is 0.383 e. The Morgan fingerprint density at radius 3 is 2.33 bits per heavy atom. The monoisotopic (exact) mass is 216 g/mol. The third kappa shape index (κ3) is 8.85. The maximum Gasteiger partial charge on any atom is 0.0587 e. The summed E-state index contributed by atoms with van der Waals surface area (Å²) in [4.78, 5) is 0. The Hall–Kier alpha value is -0.120. The summed E-state index contributed by atoms with van der Waals surface area (Å²) < 4.78 is 4.97. The van der Waals surface area contributed by atoms with Crippen molar-refractivity contribution in [2.45, 2.75) is 39.7 Å². The molecule has 0 heterocycles. The van der Waals surface area contributed by atoms with Crippen LogP contribution in [0.25, 0.3) is 0 Å². The lowest BCUT2D eigenvalue weighted by Gasteiger charge is -2.18. The molecule has 0 aliphatic heterocycles. The molecule has 1 atom stereocenters. The van der Waals surface area contributed by atoms with Gasteiger partial charge in [-0.1, -0.05) is 26.7 Å². The molecule has 0 aliphatic carbocycles. The fourth-order valence-corrected chi connectivity index (χ4v) is 1.51. The number of hydrogen-bond acceptors (Lipinski definition) is 3. The van der Waals surface area contributed by atoms with E-state index in [-0.39, 0.29) is 0 Å². The Balaban J connectivity index is 3.35. The van der Waals surface area contributed by atoms with Crippen molar-refractivity contribution in [1.29, 1.82) is 0 Å². The first-order valence-electron chi connectivity index (χ1n) is 6.17. The summed E-state index contributed by atoms with van der Waals surface area (Å²) >= 11 is 0. The van der Waals surface area contributed by atoms with Gasteiger partial charge >= 0.3 is 0 Å². The normalized spacial score (nSPS) is 13.4. The number of nitrogens with one attached hydrogen (secondary N) is 2. The van der Waals surface area contributed by atoms with E-state index in [1.165, 1.54) is 12.8 Å². The minimum Gasteiger partial charge on any atom is -0.383 e. The molecule has 0 spiro atoms. The van der Waals surface area contributed by atoms with Crippen LogP contribution < -0.4 is 10.6 Å². The van der Waals surface area contributed by atoms with Gasteiger partial charge < -0.3 is 15.4 Å². The first kappa shape index (κ1) is 14.9. The van der Waals surface area contributed by atoms with Gasteiger partial charge in [-0.2, -0.15) is 0 Å². The van der Waals surface area contributed by atoms with E-state index < -0.39 is 0 Å². The molecule has 0 radical (unpaired) electrons. The van der Waals surface area contributed by atoms with Crippen molar-refractivity contribution in [3.63, 3.8) is 0 Å². The molecule has 3 heteroatoms. The molecule has 0 rings (SSSR count). The summed E-state index contributed by atoms with van der Waals surface area (Å²) in [5.41, 5.74) is 0. The van der Waals surface area contributed by atoms with Crippen LogP contribution in [0.15, 0.2) is 0 Å². The summed E-state index contributed by atoms with van der Waals surface area (Å²) in [6.07, 6.45) is 2.54. The molecule has 0 saturated heterocycles. The topological polar surface area (TPSA) is 33.3 Å². The maximum atomic E-state index is 4.97. The number of methoxy groups -OCH3 is 1. The lowest BCUT2D eigenvalue weighted by Crippen LogP contribution is -2.39. The highest BCUT2D eigenvalue weighted by atomic mass is 16.5. The minimum absolute atomic E-state index is 0.544. The van der Waals surface area contributed by atoms with Crippen molar-refractivity contribution in [1.82, 2.24) is 10.6 Å². The number of hydrogen-bond donors (Lipinski definition) is 2. The molecule has 2 N–H and O–H groups in total. The zero-order chi connectivity index (χ0) is 11.5. The van der Waals surface area contributed by atoms with E-state index in [1.54, 1.807) is 7.11 Å². The summed E-state index contributed by atoms with van der Waals surface area (Å²) in [5.74, 6) is 0.825. The highest BCUT2D eigenvalue weighted by molar-refractivity contribution is 4.67. The van der Waals surface area contributed by atoms with Gasteiger partial charge in [0.25, 0.3) is 0 Å². The molecule has 0 saturated carbocycles. The van der Waals surface area contributed by atoms with Gasteiger partial charge in [-0.15, -0.1) is 0 Å². The van der Waals surface area contributed by atoms with Gasteiger partial charge in [-0.3, -0.25) is 0 Å². The molecule has 0 aliphatic rings. The Bertz CT molecular complexity index is 127. The third-order valence-electron chi connectivity index (χ3n) is 2.84. The zero-order valence-corrected chi connectivity index (χ0v) is 10.8. The lowest BCUT2D eigenvalue weighted by atomic mass is 10.0. The molecule has 1 unspecified atom stereocenters. The SMILES string of the molecule is CCC(CC)CNC(C)CNCCOC. The van der Waals surface area contributed by atoms with Gasteiger partial charge in [0, 0.05) is 26.2 Å². The Morgan fingerprint density at radius 1 is 1.13 bits per heavy atom. The van der Waals surface area contributed by atoms with Crippen LogP contribution in [-0.2, 0) is 4.74 Å². The maximum absolute atomic E-state index is 4.97. The van der Waals surface area contributed by atoms with Gasteiger partial charge in [0.2, 0.25) is 0 Å². The van der Waals surface area contributed by atoms with E-state index in [2.05, 4.69) is 31.4 Å². The molecule has 0 amide bonds. The van der Waals surface area contributed by atoms with Gasteiger partial charge in [0.15, 0.2) is 0 Å². The Morgan fingerprint density at radius 2 is 1.80 bits per heavy atom. The van der Waals surface area contributed by atoms with Gasteiger partial charge in [-0.25, -0.2) is 0 Å². The van der Waals surface area contributed by atoms with E-state index >= 15 is 0 Å². The average Bonchev–Trinajstić information content (AvgIpc) is 2.26. The van der Waals surface area contributed by atoms with E-state index in [0.717, 1.165) is 32.2 Å². The minimum atomic E-state index is 0.544. The summed E-state index contributed by atoms with van der Waals surface area (Å²) in [7, 11) is 1.73. The van der Waals surface area contributed by atoms with Crippen LogP contribution in [0.5, 0.6) is 0 Å².